The second kappa shape index (κ2) is 7.65. The lowest BCUT2D eigenvalue weighted by Crippen LogP contribution is -2.26. The van der Waals surface area contributed by atoms with Crippen LogP contribution in [-0.4, -0.2) is 31.1 Å². The first kappa shape index (κ1) is 8.65. The van der Waals surface area contributed by atoms with Crippen molar-refractivity contribution in [2.75, 3.05) is 31.1 Å². The highest BCUT2D eigenvalue weighted by Gasteiger charge is 1.80. The molecule has 0 aliphatic heterocycles. The molecule has 8 heavy (non-hydrogen) atoms. The summed E-state index contributed by atoms with van der Waals surface area (Å²) in [5.41, 5.74) is 0. The molecule has 0 aromatic heterocycles. The fraction of sp³-hybridized carbons (Fsp3) is 1.00. The number of hydrogen-bond donors (Lipinski definition) is 2. The minimum atomic E-state index is 1.07. The summed E-state index contributed by atoms with van der Waals surface area (Å²) in [6, 6.07) is 0. The lowest BCUT2D eigenvalue weighted by atomic mass is 10.6. The molecule has 0 spiro atoms. The van der Waals surface area contributed by atoms with Crippen LogP contribution in [0.5, 0.6) is 0 Å². The van der Waals surface area contributed by atoms with E-state index in [1.165, 1.54) is 4.43 Å². The third kappa shape index (κ3) is 6.65. The quantitative estimate of drug-likeness (QED) is 0.400. The molecule has 0 amide bonds. The van der Waals surface area contributed by atoms with Gasteiger partial charge in [-0.05, 0) is 7.05 Å². The Morgan fingerprint density at radius 1 is 1.25 bits per heavy atom. The van der Waals surface area contributed by atoms with Gasteiger partial charge in [-0.1, -0.05) is 22.6 Å². The number of alkyl halides is 1. The molecule has 0 heterocycles. The van der Waals surface area contributed by atoms with Gasteiger partial charge in [-0.25, -0.2) is 0 Å². The average Bonchev–Trinajstić information content (AvgIpc) is 1.81. The average molecular weight is 228 g/mol. The van der Waals surface area contributed by atoms with Crippen LogP contribution in [0.1, 0.15) is 0 Å². The summed E-state index contributed by atoms with van der Waals surface area (Å²) in [4.78, 5) is 0. The fourth-order valence-corrected chi connectivity index (χ4v) is 0.787. The zero-order chi connectivity index (χ0) is 6.24. The molecule has 0 aliphatic carbocycles. The minimum Gasteiger partial charge on any atom is -0.318 e. The zero-order valence-electron chi connectivity index (χ0n) is 5.21. The topological polar surface area (TPSA) is 24.1 Å². The van der Waals surface area contributed by atoms with Crippen LogP contribution >= 0.6 is 22.6 Å². The highest BCUT2D eigenvalue weighted by Crippen LogP contribution is 1.74. The second-order valence-corrected chi connectivity index (χ2v) is 2.62. The third-order valence-corrected chi connectivity index (χ3v) is 1.36. The molecule has 0 aromatic carbocycles. The van der Waals surface area contributed by atoms with Gasteiger partial charge in [-0.2, -0.15) is 0 Å². The standard InChI is InChI=1S/C5H13IN2/c1-7-4-5-8-3-2-6/h7-8H,2-5H2,1H3. The van der Waals surface area contributed by atoms with Gasteiger partial charge in [-0.3, -0.25) is 0 Å². The van der Waals surface area contributed by atoms with Gasteiger partial charge >= 0.3 is 0 Å². The summed E-state index contributed by atoms with van der Waals surface area (Å²) in [6.45, 7) is 3.28. The molecule has 0 saturated carbocycles. The molecule has 0 unspecified atom stereocenters. The Labute approximate surface area is 64.6 Å². The van der Waals surface area contributed by atoms with Crippen molar-refractivity contribution < 1.29 is 0 Å². The smallest absolute Gasteiger partial charge is 0.0121 e. The summed E-state index contributed by atoms with van der Waals surface area (Å²) in [6.07, 6.45) is 0. The van der Waals surface area contributed by atoms with E-state index in [2.05, 4.69) is 33.2 Å². The van der Waals surface area contributed by atoms with E-state index in [1.807, 2.05) is 7.05 Å². The van der Waals surface area contributed by atoms with Crippen LogP contribution < -0.4 is 10.6 Å². The first-order chi connectivity index (χ1) is 3.91. The molecule has 0 bridgehead atoms. The van der Waals surface area contributed by atoms with Crippen LogP contribution in [-0.2, 0) is 0 Å². The van der Waals surface area contributed by atoms with E-state index >= 15 is 0 Å². The van der Waals surface area contributed by atoms with E-state index < -0.39 is 0 Å². The van der Waals surface area contributed by atoms with Crippen molar-refractivity contribution in [3.8, 4) is 0 Å². The molecule has 0 radical (unpaired) electrons. The summed E-state index contributed by atoms with van der Waals surface area (Å²) < 4.78 is 1.20. The number of hydrogen-bond acceptors (Lipinski definition) is 2. The zero-order valence-corrected chi connectivity index (χ0v) is 7.36. The van der Waals surface area contributed by atoms with Gasteiger partial charge in [0.25, 0.3) is 0 Å². The lowest BCUT2D eigenvalue weighted by Gasteiger charge is -1.98. The summed E-state index contributed by atoms with van der Waals surface area (Å²) >= 11 is 2.36. The molecule has 0 saturated heterocycles. The van der Waals surface area contributed by atoms with E-state index in [1.54, 1.807) is 0 Å². The van der Waals surface area contributed by atoms with E-state index in [9.17, 15) is 0 Å². The van der Waals surface area contributed by atoms with Gasteiger partial charge in [0.1, 0.15) is 0 Å². The van der Waals surface area contributed by atoms with Gasteiger partial charge in [0.2, 0.25) is 0 Å². The molecule has 50 valence electrons. The Bertz CT molecular complexity index is 35.4. The van der Waals surface area contributed by atoms with Crippen LogP contribution in [0.2, 0.25) is 0 Å². The molecule has 2 nitrogen and oxygen atoms in total. The van der Waals surface area contributed by atoms with Crippen molar-refractivity contribution in [3.05, 3.63) is 0 Å². The second-order valence-electron chi connectivity index (χ2n) is 1.54. The van der Waals surface area contributed by atoms with Crippen molar-refractivity contribution in [2.24, 2.45) is 0 Å². The highest BCUT2D eigenvalue weighted by atomic mass is 127. The van der Waals surface area contributed by atoms with Crippen molar-refractivity contribution in [2.45, 2.75) is 0 Å². The number of halogens is 1. The van der Waals surface area contributed by atoms with Crippen LogP contribution in [0, 0.1) is 0 Å². The van der Waals surface area contributed by atoms with Crippen molar-refractivity contribution in [1.29, 1.82) is 0 Å². The third-order valence-electron chi connectivity index (χ3n) is 0.823. The molecule has 3 heteroatoms. The highest BCUT2D eigenvalue weighted by molar-refractivity contribution is 14.1. The van der Waals surface area contributed by atoms with Crippen molar-refractivity contribution in [3.63, 3.8) is 0 Å². The summed E-state index contributed by atoms with van der Waals surface area (Å²) in [5, 5.41) is 6.33. The Balaban J connectivity index is 2.53. The number of nitrogens with one attached hydrogen (secondary N) is 2. The summed E-state index contributed by atoms with van der Waals surface area (Å²) in [7, 11) is 1.96. The predicted molar refractivity (Wildman–Crippen MR) is 45.7 cm³/mol. The first-order valence-electron chi connectivity index (χ1n) is 2.83. The van der Waals surface area contributed by atoms with Gasteiger partial charge in [0, 0.05) is 24.1 Å². The molecule has 2 N–H and O–H groups in total. The normalized spacial score (nSPS) is 9.75. The number of rotatable bonds is 5. The van der Waals surface area contributed by atoms with Gasteiger partial charge in [0.15, 0.2) is 0 Å². The monoisotopic (exact) mass is 228 g/mol. The van der Waals surface area contributed by atoms with Gasteiger partial charge < -0.3 is 10.6 Å². The Kier molecular flexibility index (Phi) is 8.27. The molecular weight excluding hydrogens is 215 g/mol. The summed E-state index contributed by atoms with van der Waals surface area (Å²) in [5.74, 6) is 0. The maximum absolute atomic E-state index is 3.27. The SMILES string of the molecule is CNCCNCCI. The first-order valence-corrected chi connectivity index (χ1v) is 4.35. The molecule has 0 atom stereocenters. The molecule has 0 aromatic rings. The maximum atomic E-state index is 3.27. The largest absolute Gasteiger partial charge is 0.318 e. The van der Waals surface area contributed by atoms with E-state index in [0.29, 0.717) is 0 Å². The molecule has 0 fully saturated rings. The van der Waals surface area contributed by atoms with Gasteiger partial charge in [-0.15, -0.1) is 0 Å². The van der Waals surface area contributed by atoms with Crippen LogP contribution in [0.4, 0.5) is 0 Å². The molecule has 0 rings (SSSR count). The Morgan fingerprint density at radius 3 is 2.50 bits per heavy atom. The van der Waals surface area contributed by atoms with Gasteiger partial charge in [0.05, 0.1) is 0 Å². The number of likely N-dealkylation sites (N-methyl/N-ethyl adjacent to an activating group) is 1. The Hall–Kier alpha value is 0.650. The van der Waals surface area contributed by atoms with E-state index in [4.69, 9.17) is 0 Å². The van der Waals surface area contributed by atoms with Crippen LogP contribution in [0.15, 0.2) is 0 Å². The predicted octanol–water partition coefficient (Wildman–Crippen LogP) is 0.230. The van der Waals surface area contributed by atoms with E-state index in [-0.39, 0.29) is 0 Å². The molecular formula is C5H13IN2. The Morgan fingerprint density at radius 2 is 2.00 bits per heavy atom. The van der Waals surface area contributed by atoms with Crippen LogP contribution in [0.3, 0.4) is 0 Å². The van der Waals surface area contributed by atoms with Crippen molar-refractivity contribution in [1.82, 2.24) is 10.6 Å². The van der Waals surface area contributed by atoms with Crippen molar-refractivity contribution >= 4 is 22.6 Å². The minimum absolute atomic E-state index is 1.07. The fourth-order valence-electron chi connectivity index (χ4n) is 0.405. The maximum Gasteiger partial charge on any atom is 0.0121 e. The van der Waals surface area contributed by atoms with E-state index in [0.717, 1.165) is 19.6 Å². The lowest BCUT2D eigenvalue weighted by molar-refractivity contribution is 0.677. The van der Waals surface area contributed by atoms with Crippen LogP contribution in [0.25, 0.3) is 0 Å². The molecule has 0 aliphatic rings.